The molecule has 1 saturated carbocycles. The summed E-state index contributed by atoms with van der Waals surface area (Å²) in [4.78, 5) is 15.5. The number of rotatable bonds is 4. The second-order valence-corrected chi connectivity index (χ2v) is 8.36. The van der Waals surface area contributed by atoms with Gasteiger partial charge in [-0.3, -0.25) is 14.4 Å². The fraction of sp³-hybridized carbons (Fsp3) is 0.174. The Bertz CT molecular complexity index is 1480. The first-order valence-electron chi connectivity index (χ1n) is 10.2. The van der Waals surface area contributed by atoms with E-state index < -0.39 is 0 Å². The summed E-state index contributed by atoms with van der Waals surface area (Å²) in [6, 6.07) is 10.5. The molecule has 158 valence electrons. The minimum absolute atomic E-state index is 0.354. The maximum Gasteiger partial charge on any atom is 0.257 e. The standard InChI is InChI=1S/C23H17ClFN7/c1-31(22-16-6-4-14(24)8-21(16)32-12-28-30-23(32)29-22)15-5-7-18(25)17(9-15)20-11-26-19(10-27-20)13-2-3-13/h4-13H,2-3H2,1H3. The van der Waals surface area contributed by atoms with Crippen LogP contribution >= 0.6 is 11.6 Å². The maximum atomic E-state index is 14.7. The largest absolute Gasteiger partial charge is 0.329 e. The van der Waals surface area contributed by atoms with Gasteiger partial charge in [-0.15, -0.1) is 10.2 Å². The number of fused-ring (bicyclic) bond motifs is 3. The summed E-state index contributed by atoms with van der Waals surface area (Å²) in [6.45, 7) is 0. The van der Waals surface area contributed by atoms with Crippen molar-refractivity contribution in [1.82, 2.24) is 29.5 Å². The average Bonchev–Trinajstić information content (AvgIpc) is 3.55. The van der Waals surface area contributed by atoms with E-state index in [1.165, 1.54) is 6.07 Å². The van der Waals surface area contributed by atoms with E-state index >= 15 is 0 Å². The molecule has 6 rings (SSSR count). The van der Waals surface area contributed by atoms with E-state index in [0.717, 1.165) is 35.1 Å². The molecule has 0 spiro atoms. The van der Waals surface area contributed by atoms with Crippen molar-refractivity contribution in [3.8, 4) is 11.3 Å². The van der Waals surface area contributed by atoms with Crippen molar-refractivity contribution in [3.05, 3.63) is 71.7 Å². The zero-order valence-electron chi connectivity index (χ0n) is 17.1. The van der Waals surface area contributed by atoms with Crippen LogP contribution in [0, 0.1) is 5.82 Å². The van der Waals surface area contributed by atoms with E-state index in [0.29, 0.717) is 33.8 Å². The lowest BCUT2D eigenvalue weighted by Gasteiger charge is -2.21. The van der Waals surface area contributed by atoms with Crippen molar-refractivity contribution < 1.29 is 4.39 Å². The number of nitrogens with zero attached hydrogens (tertiary/aromatic N) is 7. The molecule has 3 aromatic heterocycles. The van der Waals surface area contributed by atoms with Crippen LogP contribution in [-0.4, -0.2) is 36.6 Å². The summed E-state index contributed by atoms with van der Waals surface area (Å²) < 4.78 is 16.5. The van der Waals surface area contributed by atoms with Crippen LogP contribution in [0.4, 0.5) is 15.9 Å². The van der Waals surface area contributed by atoms with Crippen LogP contribution in [0.1, 0.15) is 24.5 Å². The molecule has 5 aromatic rings. The van der Waals surface area contributed by atoms with E-state index in [1.807, 2.05) is 30.1 Å². The minimum Gasteiger partial charge on any atom is -0.329 e. The predicted octanol–water partition coefficient (Wildman–Crippen LogP) is 5.17. The van der Waals surface area contributed by atoms with Gasteiger partial charge in [-0.05, 0) is 49.2 Å². The number of anilines is 2. The van der Waals surface area contributed by atoms with Crippen LogP contribution in [0.15, 0.2) is 55.1 Å². The first kappa shape index (κ1) is 19.1. The van der Waals surface area contributed by atoms with E-state index in [4.69, 9.17) is 11.6 Å². The topological polar surface area (TPSA) is 72.1 Å². The van der Waals surface area contributed by atoms with Gasteiger partial charge in [0, 0.05) is 40.8 Å². The third-order valence-electron chi connectivity index (χ3n) is 5.79. The van der Waals surface area contributed by atoms with Gasteiger partial charge in [-0.25, -0.2) is 4.39 Å². The van der Waals surface area contributed by atoms with E-state index in [1.54, 1.807) is 35.3 Å². The van der Waals surface area contributed by atoms with Crippen molar-refractivity contribution in [1.29, 1.82) is 0 Å². The highest BCUT2D eigenvalue weighted by molar-refractivity contribution is 6.31. The second-order valence-electron chi connectivity index (χ2n) is 7.92. The Kier molecular flexibility index (Phi) is 4.29. The lowest BCUT2D eigenvalue weighted by molar-refractivity contribution is 0.630. The van der Waals surface area contributed by atoms with Crippen molar-refractivity contribution in [2.24, 2.45) is 0 Å². The molecule has 0 bridgehead atoms. The minimum atomic E-state index is -0.354. The van der Waals surface area contributed by atoms with Gasteiger partial charge in [0.2, 0.25) is 0 Å². The van der Waals surface area contributed by atoms with E-state index in [9.17, 15) is 4.39 Å². The summed E-state index contributed by atoms with van der Waals surface area (Å²) in [5, 5.41) is 9.53. The molecule has 1 aliphatic carbocycles. The predicted molar refractivity (Wildman–Crippen MR) is 121 cm³/mol. The molecule has 0 aliphatic heterocycles. The Labute approximate surface area is 187 Å². The molecule has 2 aromatic carbocycles. The smallest absolute Gasteiger partial charge is 0.257 e. The quantitative estimate of drug-likeness (QED) is 0.380. The molecule has 0 saturated heterocycles. The van der Waals surface area contributed by atoms with Crippen LogP contribution in [0.5, 0.6) is 0 Å². The molecule has 7 nitrogen and oxygen atoms in total. The number of hydrogen-bond donors (Lipinski definition) is 0. The zero-order chi connectivity index (χ0) is 21.8. The lowest BCUT2D eigenvalue weighted by atomic mass is 10.1. The molecular formula is C23H17ClFN7. The van der Waals surface area contributed by atoms with Crippen LogP contribution in [0.3, 0.4) is 0 Å². The molecule has 0 atom stereocenters. The number of aromatic nitrogens is 6. The average molecular weight is 446 g/mol. The van der Waals surface area contributed by atoms with Crippen LogP contribution in [0.25, 0.3) is 27.9 Å². The fourth-order valence-electron chi connectivity index (χ4n) is 3.89. The lowest BCUT2D eigenvalue weighted by Crippen LogP contribution is -2.13. The monoisotopic (exact) mass is 445 g/mol. The Balaban J connectivity index is 1.46. The SMILES string of the molecule is CN(c1ccc(F)c(-c2cnc(C3CC3)cn2)c1)c1nc2nncn2c2cc(Cl)ccc12. The molecule has 0 amide bonds. The van der Waals surface area contributed by atoms with Gasteiger partial charge in [0.25, 0.3) is 5.78 Å². The van der Waals surface area contributed by atoms with Crippen molar-refractivity contribution in [2.45, 2.75) is 18.8 Å². The third kappa shape index (κ3) is 3.15. The van der Waals surface area contributed by atoms with E-state index in [-0.39, 0.29) is 5.82 Å². The number of halogens is 2. The normalized spacial score (nSPS) is 13.7. The van der Waals surface area contributed by atoms with Crippen molar-refractivity contribution in [3.63, 3.8) is 0 Å². The Hall–Kier alpha value is -3.65. The molecule has 1 aliphatic rings. The zero-order valence-corrected chi connectivity index (χ0v) is 17.8. The molecule has 32 heavy (non-hydrogen) atoms. The first-order chi connectivity index (χ1) is 15.6. The highest BCUT2D eigenvalue weighted by Gasteiger charge is 2.25. The first-order valence-corrected chi connectivity index (χ1v) is 10.6. The molecular weight excluding hydrogens is 429 g/mol. The number of benzene rings is 2. The summed E-state index contributed by atoms with van der Waals surface area (Å²) >= 11 is 6.23. The van der Waals surface area contributed by atoms with Gasteiger partial charge in [0.05, 0.1) is 23.1 Å². The van der Waals surface area contributed by atoms with Crippen molar-refractivity contribution >= 4 is 39.8 Å². The molecule has 9 heteroatoms. The second kappa shape index (κ2) is 7.20. The van der Waals surface area contributed by atoms with Gasteiger partial charge in [0.15, 0.2) is 0 Å². The van der Waals surface area contributed by atoms with Crippen LogP contribution < -0.4 is 4.90 Å². The van der Waals surface area contributed by atoms with Gasteiger partial charge in [0.1, 0.15) is 18.0 Å². The van der Waals surface area contributed by atoms with Gasteiger partial charge in [-0.2, -0.15) is 4.98 Å². The van der Waals surface area contributed by atoms with Gasteiger partial charge in [-0.1, -0.05) is 11.6 Å². The maximum absolute atomic E-state index is 14.7. The van der Waals surface area contributed by atoms with E-state index in [2.05, 4.69) is 25.1 Å². The Morgan fingerprint density at radius 3 is 2.75 bits per heavy atom. The Morgan fingerprint density at radius 2 is 1.97 bits per heavy atom. The molecule has 0 radical (unpaired) electrons. The third-order valence-corrected chi connectivity index (χ3v) is 6.03. The van der Waals surface area contributed by atoms with Crippen LogP contribution in [-0.2, 0) is 0 Å². The molecule has 0 unspecified atom stereocenters. The molecule has 3 heterocycles. The fourth-order valence-corrected chi connectivity index (χ4v) is 4.05. The molecule has 0 N–H and O–H groups in total. The highest BCUT2D eigenvalue weighted by Crippen LogP contribution is 2.39. The summed E-state index contributed by atoms with van der Waals surface area (Å²) in [6.07, 6.45) is 7.29. The Morgan fingerprint density at radius 1 is 1.09 bits per heavy atom. The highest BCUT2D eigenvalue weighted by atomic mass is 35.5. The van der Waals surface area contributed by atoms with Crippen molar-refractivity contribution in [2.75, 3.05) is 11.9 Å². The van der Waals surface area contributed by atoms with Crippen LogP contribution in [0.2, 0.25) is 5.02 Å². The number of hydrogen-bond acceptors (Lipinski definition) is 6. The summed E-state index contributed by atoms with van der Waals surface area (Å²) in [5.74, 6) is 1.25. The summed E-state index contributed by atoms with van der Waals surface area (Å²) in [7, 11) is 1.88. The molecule has 1 fully saturated rings. The van der Waals surface area contributed by atoms with Gasteiger partial charge < -0.3 is 4.90 Å². The summed E-state index contributed by atoms with van der Waals surface area (Å²) in [5.41, 5.74) is 3.44. The van der Waals surface area contributed by atoms with Gasteiger partial charge >= 0.3 is 0 Å².